The second-order valence-electron chi connectivity index (χ2n) is 5.36. The fraction of sp³-hybridized carbons (Fsp3) is 0.400. The molecule has 1 saturated heterocycles. The Labute approximate surface area is 127 Å². The number of furan rings is 1. The van der Waals surface area contributed by atoms with Crippen LogP contribution in [0.4, 0.5) is 0 Å². The van der Waals surface area contributed by atoms with Crippen LogP contribution in [0, 0.1) is 0 Å². The van der Waals surface area contributed by atoms with Gasteiger partial charge in [0.05, 0.1) is 24.6 Å². The summed E-state index contributed by atoms with van der Waals surface area (Å²) >= 11 is 0. The summed E-state index contributed by atoms with van der Waals surface area (Å²) in [6, 6.07) is 3.14. The molecule has 0 saturated carbocycles. The fourth-order valence-corrected chi connectivity index (χ4v) is 2.69. The number of carbonyl (C=O) groups is 2. The number of hydrogen-bond donors (Lipinski definition) is 1. The van der Waals surface area contributed by atoms with Gasteiger partial charge in [-0.2, -0.15) is 5.10 Å². The van der Waals surface area contributed by atoms with Gasteiger partial charge >= 0.3 is 0 Å². The van der Waals surface area contributed by atoms with Crippen molar-refractivity contribution in [3.63, 3.8) is 0 Å². The van der Waals surface area contributed by atoms with E-state index < -0.39 is 6.04 Å². The molecule has 0 radical (unpaired) electrons. The van der Waals surface area contributed by atoms with Crippen molar-refractivity contribution in [2.45, 2.75) is 25.4 Å². The number of likely N-dealkylation sites (tertiary alicyclic amines) is 1. The van der Waals surface area contributed by atoms with E-state index >= 15 is 0 Å². The summed E-state index contributed by atoms with van der Waals surface area (Å²) in [5.74, 6) is 0.395. The first-order valence-corrected chi connectivity index (χ1v) is 7.25. The standard InChI is InChI=1S/C15H18N4O3/c1-18-10-11(8-17-18)15(21)19-6-2-5-13(19)14(20)16-9-12-4-3-7-22-12/h3-4,7-8,10,13H,2,5-6,9H2,1H3,(H,16,20). The Morgan fingerprint density at radius 3 is 3.05 bits per heavy atom. The maximum absolute atomic E-state index is 12.5. The predicted octanol–water partition coefficient (Wildman–Crippen LogP) is 0.934. The Kier molecular flexibility index (Phi) is 3.95. The molecule has 2 aromatic heterocycles. The van der Waals surface area contributed by atoms with Crippen molar-refractivity contribution >= 4 is 11.8 Å². The van der Waals surface area contributed by atoms with E-state index in [1.165, 1.54) is 6.20 Å². The van der Waals surface area contributed by atoms with E-state index in [1.807, 2.05) is 0 Å². The van der Waals surface area contributed by atoms with Crippen LogP contribution in [0.1, 0.15) is 29.0 Å². The second kappa shape index (κ2) is 6.05. The fourth-order valence-electron chi connectivity index (χ4n) is 2.69. The highest BCUT2D eigenvalue weighted by Gasteiger charge is 2.34. The first-order chi connectivity index (χ1) is 10.6. The van der Waals surface area contributed by atoms with E-state index in [-0.39, 0.29) is 11.8 Å². The molecule has 3 rings (SSSR count). The highest BCUT2D eigenvalue weighted by atomic mass is 16.3. The minimum absolute atomic E-state index is 0.147. The SMILES string of the molecule is Cn1cc(C(=O)N2CCCC2C(=O)NCc2ccco2)cn1. The monoisotopic (exact) mass is 302 g/mol. The maximum atomic E-state index is 12.5. The van der Waals surface area contributed by atoms with Crippen LogP contribution >= 0.6 is 0 Å². The number of nitrogens with zero attached hydrogens (tertiary/aromatic N) is 3. The van der Waals surface area contributed by atoms with Crippen molar-refractivity contribution in [1.29, 1.82) is 0 Å². The summed E-state index contributed by atoms with van der Waals surface area (Å²) in [7, 11) is 1.76. The third-order valence-corrected chi connectivity index (χ3v) is 3.79. The first-order valence-electron chi connectivity index (χ1n) is 7.25. The van der Waals surface area contributed by atoms with Gasteiger partial charge in [0, 0.05) is 19.8 Å². The zero-order valence-corrected chi connectivity index (χ0v) is 12.4. The van der Waals surface area contributed by atoms with Crippen LogP contribution in [-0.2, 0) is 18.4 Å². The Balaban J connectivity index is 1.64. The molecule has 116 valence electrons. The molecule has 1 fully saturated rings. The topological polar surface area (TPSA) is 80.4 Å². The third kappa shape index (κ3) is 2.88. The van der Waals surface area contributed by atoms with Crippen LogP contribution in [0.25, 0.3) is 0 Å². The second-order valence-corrected chi connectivity index (χ2v) is 5.36. The lowest BCUT2D eigenvalue weighted by molar-refractivity contribution is -0.125. The number of carbonyl (C=O) groups excluding carboxylic acids is 2. The van der Waals surface area contributed by atoms with Gasteiger partial charge in [-0.15, -0.1) is 0 Å². The molecule has 3 heterocycles. The molecule has 7 nitrogen and oxygen atoms in total. The van der Waals surface area contributed by atoms with Crippen LogP contribution in [0.3, 0.4) is 0 Å². The summed E-state index contributed by atoms with van der Waals surface area (Å²) in [6.07, 6.45) is 6.26. The highest BCUT2D eigenvalue weighted by molar-refractivity contribution is 5.97. The van der Waals surface area contributed by atoms with Gasteiger partial charge in [0.2, 0.25) is 5.91 Å². The quantitative estimate of drug-likeness (QED) is 0.911. The lowest BCUT2D eigenvalue weighted by atomic mass is 10.2. The molecular weight excluding hydrogens is 284 g/mol. The number of aryl methyl sites for hydroxylation is 1. The van der Waals surface area contributed by atoms with E-state index in [0.717, 1.165) is 6.42 Å². The molecule has 1 N–H and O–H groups in total. The van der Waals surface area contributed by atoms with Gasteiger partial charge in [-0.25, -0.2) is 0 Å². The maximum Gasteiger partial charge on any atom is 0.257 e. The van der Waals surface area contributed by atoms with E-state index in [1.54, 1.807) is 41.2 Å². The van der Waals surface area contributed by atoms with Gasteiger partial charge < -0.3 is 14.6 Å². The van der Waals surface area contributed by atoms with E-state index in [0.29, 0.717) is 30.8 Å². The number of rotatable bonds is 4. The summed E-state index contributed by atoms with van der Waals surface area (Å²) in [6.45, 7) is 0.920. The Morgan fingerprint density at radius 2 is 2.36 bits per heavy atom. The molecule has 1 atom stereocenters. The van der Waals surface area contributed by atoms with Crippen molar-refractivity contribution in [1.82, 2.24) is 20.0 Å². The largest absolute Gasteiger partial charge is 0.467 e. The summed E-state index contributed by atoms with van der Waals surface area (Å²) < 4.78 is 6.77. The normalized spacial score (nSPS) is 17.7. The summed E-state index contributed by atoms with van der Waals surface area (Å²) in [4.78, 5) is 26.4. The van der Waals surface area contributed by atoms with Crippen LogP contribution in [-0.4, -0.2) is 39.1 Å². The van der Waals surface area contributed by atoms with Gasteiger partial charge in [0.25, 0.3) is 5.91 Å². The highest BCUT2D eigenvalue weighted by Crippen LogP contribution is 2.20. The van der Waals surface area contributed by atoms with E-state index in [2.05, 4.69) is 10.4 Å². The molecule has 0 bridgehead atoms. The average molecular weight is 302 g/mol. The molecule has 1 unspecified atom stereocenters. The lowest BCUT2D eigenvalue weighted by Gasteiger charge is -2.23. The Bertz CT molecular complexity index is 662. The number of nitrogens with one attached hydrogen (secondary N) is 1. The number of amides is 2. The summed E-state index contributed by atoms with van der Waals surface area (Å²) in [5, 5.41) is 6.83. The molecule has 0 aliphatic carbocycles. The van der Waals surface area contributed by atoms with Gasteiger partial charge in [-0.05, 0) is 25.0 Å². The molecule has 1 aliphatic heterocycles. The van der Waals surface area contributed by atoms with Gasteiger partial charge in [0.1, 0.15) is 11.8 Å². The molecule has 0 aromatic carbocycles. The van der Waals surface area contributed by atoms with E-state index in [4.69, 9.17) is 4.42 Å². The molecule has 0 spiro atoms. The van der Waals surface area contributed by atoms with E-state index in [9.17, 15) is 9.59 Å². The molecule has 7 heteroatoms. The predicted molar refractivity (Wildman–Crippen MR) is 77.8 cm³/mol. The smallest absolute Gasteiger partial charge is 0.257 e. The van der Waals surface area contributed by atoms with Crippen molar-refractivity contribution in [3.8, 4) is 0 Å². The zero-order chi connectivity index (χ0) is 15.5. The molecule has 22 heavy (non-hydrogen) atoms. The lowest BCUT2D eigenvalue weighted by Crippen LogP contribution is -2.45. The van der Waals surface area contributed by atoms with Gasteiger partial charge in [0.15, 0.2) is 0 Å². The van der Waals surface area contributed by atoms with Gasteiger partial charge in [-0.3, -0.25) is 14.3 Å². The summed E-state index contributed by atoms with van der Waals surface area (Å²) in [5.41, 5.74) is 0.508. The number of hydrogen-bond acceptors (Lipinski definition) is 4. The zero-order valence-electron chi connectivity index (χ0n) is 12.4. The van der Waals surface area contributed by atoms with Crippen LogP contribution < -0.4 is 5.32 Å². The minimum atomic E-state index is -0.428. The number of aromatic nitrogens is 2. The van der Waals surface area contributed by atoms with Crippen molar-refractivity contribution in [2.24, 2.45) is 7.05 Å². The van der Waals surface area contributed by atoms with Crippen LogP contribution in [0.5, 0.6) is 0 Å². The first kappa shape index (κ1) is 14.4. The Hall–Kier alpha value is -2.57. The molecule has 1 aliphatic rings. The molecular formula is C15H18N4O3. The molecule has 2 amide bonds. The van der Waals surface area contributed by atoms with Crippen LogP contribution in [0.15, 0.2) is 35.2 Å². The van der Waals surface area contributed by atoms with Gasteiger partial charge in [-0.1, -0.05) is 0 Å². The minimum Gasteiger partial charge on any atom is -0.467 e. The third-order valence-electron chi connectivity index (χ3n) is 3.79. The average Bonchev–Trinajstić information content (AvgIpc) is 3.24. The Morgan fingerprint density at radius 1 is 1.50 bits per heavy atom. The van der Waals surface area contributed by atoms with Crippen molar-refractivity contribution < 1.29 is 14.0 Å². The van der Waals surface area contributed by atoms with Crippen LogP contribution in [0.2, 0.25) is 0 Å². The molecule has 2 aromatic rings. The van der Waals surface area contributed by atoms with Crippen molar-refractivity contribution in [2.75, 3.05) is 6.54 Å². The van der Waals surface area contributed by atoms with Crippen molar-refractivity contribution in [3.05, 3.63) is 42.1 Å².